The van der Waals surface area contributed by atoms with Crippen LogP contribution in [-0.4, -0.2) is 29.6 Å². The third-order valence-corrected chi connectivity index (χ3v) is 5.36. The largest absolute Gasteiger partial charge is 0.457 e. The molecule has 2 amide bonds. The van der Waals surface area contributed by atoms with Crippen molar-refractivity contribution >= 4 is 33.4 Å². The summed E-state index contributed by atoms with van der Waals surface area (Å²) < 4.78 is 6.70. The maximum Gasteiger partial charge on any atom is 0.313 e. The number of aliphatic hydroxyl groups is 1. The Balaban J connectivity index is 1.53. The Kier molecular flexibility index (Phi) is 7.06. The average molecular weight is 447 g/mol. The van der Waals surface area contributed by atoms with Crippen LogP contribution in [0.4, 0.5) is 5.69 Å². The highest BCUT2D eigenvalue weighted by molar-refractivity contribution is 9.10. The molecule has 1 aliphatic rings. The van der Waals surface area contributed by atoms with E-state index in [0.717, 1.165) is 30.2 Å². The molecule has 2 unspecified atom stereocenters. The molecule has 1 aliphatic carbocycles. The first-order chi connectivity index (χ1) is 13.5. The molecule has 2 aromatic rings. The van der Waals surface area contributed by atoms with Crippen LogP contribution in [0.1, 0.15) is 25.7 Å². The fourth-order valence-electron chi connectivity index (χ4n) is 3.28. The fourth-order valence-corrected chi connectivity index (χ4v) is 3.55. The van der Waals surface area contributed by atoms with Crippen molar-refractivity contribution in [2.24, 2.45) is 5.92 Å². The molecule has 148 valence electrons. The minimum absolute atomic E-state index is 0.0144. The van der Waals surface area contributed by atoms with Crippen LogP contribution in [0.15, 0.2) is 53.0 Å². The van der Waals surface area contributed by atoms with E-state index in [1.165, 1.54) is 0 Å². The molecule has 3 N–H and O–H groups in total. The lowest BCUT2D eigenvalue weighted by molar-refractivity contribution is -0.137. The van der Waals surface area contributed by atoms with Crippen molar-refractivity contribution < 1.29 is 19.4 Å². The highest BCUT2D eigenvalue weighted by Gasteiger charge is 2.27. The van der Waals surface area contributed by atoms with Crippen molar-refractivity contribution in [1.29, 1.82) is 0 Å². The molecule has 0 spiro atoms. The van der Waals surface area contributed by atoms with Crippen LogP contribution in [-0.2, 0) is 9.59 Å². The van der Waals surface area contributed by atoms with Crippen LogP contribution >= 0.6 is 15.9 Å². The summed E-state index contributed by atoms with van der Waals surface area (Å²) in [5.74, 6) is -0.0621. The van der Waals surface area contributed by atoms with Gasteiger partial charge >= 0.3 is 11.8 Å². The van der Waals surface area contributed by atoms with Crippen LogP contribution in [0.3, 0.4) is 0 Å². The van der Waals surface area contributed by atoms with Crippen LogP contribution < -0.4 is 15.4 Å². The van der Waals surface area contributed by atoms with E-state index in [2.05, 4.69) is 26.6 Å². The number of rotatable bonds is 5. The van der Waals surface area contributed by atoms with Crippen LogP contribution in [0.2, 0.25) is 0 Å². The quantitative estimate of drug-likeness (QED) is 0.608. The van der Waals surface area contributed by atoms with E-state index < -0.39 is 11.8 Å². The third kappa shape index (κ3) is 5.56. The number of ether oxygens (including phenoxy) is 1. The van der Waals surface area contributed by atoms with E-state index in [1.807, 2.05) is 24.3 Å². The first kappa shape index (κ1) is 20.4. The van der Waals surface area contributed by atoms with Gasteiger partial charge in [-0.3, -0.25) is 9.59 Å². The van der Waals surface area contributed by atoms with Gasteiger partial charge in [-0.1, -0.05) is 28.8 Å². The van der Waals surface area contributed by atoms with E-state index in [1.54, 1.807) is 24.3 Å². The number of halogens is 1. The summed E-state index contributed by atoms with van der Waals surface area (Å²) in [6.45, 7) is 0.0202. The molecule has 3 rings (SSSR count). The van der Waals surface area contributed by atoms with Crippen LogP contribution in [0.5, 0.6) is 11.5 Å². The predicted molar refractivity (Wildman–Crippen MR) is 110 cm³/mol. The van der Waals surface area contributed by atoms with Crippen LogP contribution in [0.25, 0.3) is 0 Å². The van der Waals surface area contributed by atoms with Gasteiger partial charge in [0.2, 0.25) is 0 Å². The summed E-state index contributed by atoms with van der Waals surface area (Å²) in [6.07, 6.45) is 3.68. The number of nitrogens with one attached hydrogen (secondary N) is 2. The van der Waals surface area contributed by atoms with Gasteiger partial charge in [0.1, 0.15) is 11.5 Å². The number of carbonyl (C=O) groups is 2. The normalized spacial score (nSPS) is 18.9. The van der Waals surface area contributed by atoms with Crippen molar-refractivity contribution in [3.63, 3.8) is 0 Å². The zero-order valence-corrected chi connectivity index (χ0v) is 16.9. The van der Waals surface area contributed by atoms with E-state index in [9.17, 15) is 14.7 Å². The molecule has 1 saturated carbocycles. The van der Waals surface area contributed by atoms with Gasteiger partial charge in [-0.2, -0.15) is 0 Å². The monoisotopic (exact) mass is 446 g/mol. The summed E-state index contributed by atoms with van der Waals surface area (Å²) in [5.41, 5.74) is 0.505. The van der Waals surface area contributed by atoms with E-state index in [-0.39, 0.29) is 18.6 Å². The summed E-state index contributed by atoms with van der Waals surface area (Å²) in [7, 11) is 0. The Bertz CT molecular complexity index is 808. The van der Waals surface area contributed by atoms with E-state index >= 15 is 0 Å². The van der Waals surface area contributed by atoms with Gasteiger partial charge in [-0.25, -0.2) is 0 Å². The van der Waals surface area contributed by atoms with E-state index in [0.29, 0.717) is 17.2 Å². The van der Waals surface area contributed by atoms with Gasteiger partial charge < -0.3 is 20.5 Å². The van der Waals surface area contributed by atoms with Gasteiger partial charge in [0.25, 0.3) is 0 Å². The molecule has 2 atom stereocenters. The van der Waals surface area contributed by atoms with Gasteiger partial charge in [0, 0.05) is 28.7 Å². The summed E-state index contributed by atoms with van der Waals surface area (Å²) in [4.78, 5) is 24.3. The highest BCUT2D eigenvalue weighted by atomic mass is 79.9. The highest BCUT2D eigenvalue weighted by Crippen LogP contribution is 2.25. The number of hydrogen-bond acceptors (Lipinski definition) is 4. The van der Waals surface area contributed by atoms with Gasteiger partial charge in [-0.15, -0.1) is 0 Å². The second kappa shape index (κ2) is 9.71. The Morgan fingerprint density at radius 1 is 0.964 bits per heavy atom. The minimum Gasteiger partial charge on any atom is -0.457 e. The first-order valence-electron chi connectivity index (χ1n) is 9.31. The molecule has 0 heterocycles. The number of hydrogen-bond donors (Lipinski definition) is 3. The predicted octanol–water partition coefficient (Wildman–Crippen LogP) is 3.85. The van der Waals surface area contributed by atoms with Gasteiger partial charge in [-0.05, 0) is 61.4 Å². The lowest BCUT2D eigenvalue weighted by Gasteiger charge is -2.30. The maximum atomic E-state index is 12.2. The summed E-state index contributed by atoms with van der Waals surface area (Å²) >= 11 is 3.37. The van der Waals surface area contributed by atoms with Crippen LogP contribution in [0, 0.1) is 5.92 Å². The fraction of sp³-hybridized carbons (Fsp3) is 0.333. The molecule has 0 aliphatic heterocycles. The molecule has 7 heteroatoms. The summed E-state index contributed by atoms with van der Waals surface area (Å²) in [5, 5.41) is 14.8. The van der Waals surface area contributed by atoms with Crippen molar-refractivity contribution in [3.8, 4) is 11.5 Å². The van der Waals surface area contributed by atoms with Gasteiger partial charge in [0.15, 0.2) is 0 Å². The Labute approximate surface area is 172 Å². The zero-order valence-electron chi connectivity index (χ0n) is 15.4. The maximum absolute atomic E-state index is 12.2. The molecule has 0 bridgehead atoms. The molecule has 0 aromatic heterocycles. The Hall–Kier alpha value is -2.38. The molecule has 6 nitrogen and oxygen atoms in total. The molecule has 2 aromatic carbocycles. The molecular formula is C21H23BrN2O4. The number of amides is 2. The topological polar surface area (TPSA) is 87.7 Å². The van der Waals surface area contributed by atoms with Crippen molar-refractivity contribution in [1.82, 2.24) is 5.32 Å². The average Bonchev–Trinajstić information content (AvgIpc) is 2.71. The lowest BCUT2D eigenvalue weighted by Crippen LogP contribution is -2.47. The third-order valence-electron chi connectivity index (χ3n) is 4.83. The number of aliphatic hydroxyl groups excluding tert-OH is 1. The van der Waals surface area contributed by atoms with Crippen molar-refractivity contribution in [2.45, 2.75) is 31.7 Å². The second-order valence-corrected chi connectivity index (χ2v) is 7.76. The zero-order chi connectivity index (χ0) is 19.9. The standard InChI is InChI=1S/C21H23BrN2O4/c22-15-5-9-17(10-6-15)28-18-11-7-16(8-12-18)23-20(26)21(27)24-19-4-2-1-3-14(19)13-25/h5-12,14,19,25H,1-4,13H2,(H,23,26)(H,24,27). The Morgan fingerprint density at radius 2 is 1.57 bits per heavy atom. The van der Waals surface area contributed by atoms with Crippen molar-refractivity contribution in [3.05, 3.63) is 53.0 Å². The molecular weight excluding hydrogens is 424 g/mol. The summed E-state index contributed by atoms with van der Waals surface area (Å²) in [6, 6.07) is 14.1. The smallest absolute Gasteiger partial charge is 0.313 e. The molecule has 28 heavy (non-hydrogen) atoms. The lowest BCUT2D eigenvalue weighted by atomic mass is 9.85. The Morgan fingerprint density at radius 3 is 2.21 bits per heavy atom. The molecule has 1 fully saturated rings. The minimum atomic E-state index is -0.719. The molecule has 0 radical (unpaired) electrons. The number of anilines is 1. The van der Waals surface area contributed by atoms with Crippen molar-refractivity contribution in [2.75, 3.05) is 11.9 Å². The second-order valence-electron chi connectivity index (χ2n) is 6.84. The number of carbonyl (C=O) groups excluding carboxylic acids is 2. The number of benzene rings is 2. The first-order valence-corrected chi connectivity index (χ1v) is 10.1. The van der Waals surface area contributed by atoms with E-state index in [4.69, 9.17) is 4.74 Å². The molecule has 0 saturated heterocycles. The van der Waals surface area contributed by atoms with Gasteiger partial charge in [0.05, 0.1) is 0 Å². The SMILES string of the molecule is O=C(Nc1ccc(Oc2ccc(Br)cc2)cc1)C(=O)NC1CCCCC1CO.